The van der Waals surface area contributed by atoms with Gasteiger partial charge in [-0.2, -0.15) is 0 Å². The van der Waals surface area contributed by atoms with Crippen molar-refractivity contribution < 1.29 is 0 Å². The molecule has 0 aromatic heterocycles. The summed E-state index contributed by atoms with van der Waals surface area (Å²) in [5.41, 5.74) is 1.50. The van der Waals surface area contributed by atoms with Crippen molar-refractivity contribution in [2.75, 3.05) is 19.3 Å². The van der Waals surface area contributed by atoms with Gasteiger partial charge in [-0.3, -0.25) is 0 Å². The molecule has 0 amide bonds. The summed E-state index contributed by atoms with van der Waals surface area (Å²) >= 11 is 1.82. The van der Waals surface area contributed by atoms with Crippen LogP contribution in [0.1, 0.15) is 6.92 Å². The molecule has 0 atom stereocenters. The van der Waals surface area contributed by atoms with E-state index in [0.717, 1.165) is 13.1 Å². The standard InChI is InChI=1S/C6H11NS/c1-6-3-4-7(5-6)8-2/h3H,4-5H2,1-2H3. The lowest BCUT2D eigenvalue weighted by molar-refractivity contribution is 0.604. The summed E-state index contributed by atoms with van der Waals surface area (Å²) in [5, 5.41) is 0. The molecule has 1 aliphatic rings. The Bertz CT molecular complexity index is 109. The van der Waals surface area contributed by atoms with Crippen LogP contribution in [0.2, 0.25) is 0 Å². The molecule has 0 bridgehead atoms. The largest absolute Gasteiger partial charge is 0.243 e. The first-order chi connectivity index (χ1) is 3.83. The van der Waals surface area contributed by atoms with Crippen LogP contribution in [-0.4, -0.2) is 23.7 Å². The van der Waals surface area contributed by atoms with Crippen LogP contribution in [0.5, 0.6) is 0 Å². The van der Waals surface area contributed by atoms with Gasteiger partial charge >= 0.3 is 0 Å². The highest BCUT2D eigenvalue weighted by atomic mass is 32.2. The Labute approximate surface area is 54.9 Å². The van der Waals surface area contributed by atoms with Crippen molar-refractivity contribution in [3.63, 3.8) is 0 Å². The Morgan fingerprint density at radius 1 is 1.75 bits per heavy atom. The fourth-order valence-electron chi connectivity index (χ4n) is 0.804. The Morgan fingerprint density at radius 3 is 2.75 bits per heavy atom. The first-order valence-corrected chi connectivity index (χ1v) is 3.96. The molecule has 0 saturated heterocycles. The molecule has 0 N–H and O–H groups in total. The van der Waals surface area contributed by atoms with E-state index < -0.39 is 0 Å². The van der Waals surface area contributed by atoms with Crippen LogP contribution in [0.15, 0.2) is 11.6 Å². The van der Waals surface area contributed by atoms with E-state index in [4.69, 9.17) is 0 Å². The van der Waals surface area contributed by atoms with Crippen LogP contribution in [0, 0.1) is 0 Å². The zero-order valence-corrected chi connectivity index (χ0v) is 6.16. The van der Waals surface area contributed by atoms with E-state index in [2.05, 4.69) is 23.6 Å². The summed E-state index contributed by atoms with van der Waals surface area (Å²) in [4.78, 5) is 0. The molecule has 0 aromatic rings. The van der Waals surface area contributed by atoms with Crippen molar-refractivity contribution in [1.29, 1.82) is 0 Å². The maximum Gasteiger partial charge on any atom is 0.0301 e. The highest BCUT2D eigenvalue weighted by Gasteiger charge is 2.07. The van der Waals surface area contributed by atoms with E-state index in [0.29, 0.717) is 0 Å². The maximum absolute atomic E-state index is 2.33. The minimum absolute atomic E-state index is 1.13. The predicted molar refractivity (Wildman–Crippen MR) is 38.8 cm³/mol. The Balaban J connectivity index is 2.32. The quantitative estimate of drug-likeness (QED) is 0.390. The van der Waals surface area contributed by atoms with Gasteiger partial charge in [0.1, 0.15) is 0 Å². The molecule has 0 radical (unpaired) electrons. The average molecular weight is 129 g/mol. The zero-order valence-electron chi connectivity index (χ0n) is 5.35. The topological polar surface area (TPSA) is 3.24 Å². The van der Waals surface area contributed by atoms with Crippen LogP contribution >= 0.6 is 11.9 Å². The zero-order chi connectivity index (χ0) is 5.98. The van der Waals surface area contributed by atoms with Crippen molar-refractivity contribution in [3.05, 3.63) is 11.6 Å². The second-order valence-corrected chi connectivity index (χ2v) is 2.94. The Kier molecular flexibility index (Phi) is 1.97. The summed E-state index contributed by atoms with van der Waals surface area (Å²) < 4.78 is 2.33. The fraction of sp³-hybridized carbons (Fsp3) is 0.667. The van der Waals surface area contributed by atoms with Gasteiger partial charge in [-0.1, -0.05) is 23.6 Å². The molecule has 1 aliphatic heterocycles. The SMILES string of the molecule is CSN1CC=C(C)C1. The van der Waals surface area contributed by atoms with Gasteiger partial charge in [-0.15, -0.1) is 0 Å². The van der Waals surface area contributed by atoms with E-state index in [9.17, 15) is 0 Å². The van der Waals surface area contributed by atoms with Crippen molar-refractivity contribution in [1.82, 2.24) is 4.31 Å². The van der Waals surface area contributed by atoms with Crippen molar-refractivity contribution >= 4 is 11.9 Å². The second kappa shape index (κ2) is 2.55. The third-order valence-electron chi connectivity index (χ3n) is 1.33. The number of hydrogen-bond donors (Lipinski definition) is 0. The lowest BCUT2D eigenvalue weighted by Gasteiger charge is -2.08. The van der Waals surface area contributed by atoms with E-state index in [-0.39, 0.29) is 0 Å². The Hall–Kier alpha value is 0.0500. The summed E-state index contributed by atoms with van der Waals surface area (Å²) in [5.74, 6) is 0. The van der Waals surface area contributed by atoms with Crippen LogP contribution in [0.25, 0.3) is 0 Å². The molecule has 46 valence electrons. The molecule has 0 aromatic carbocycles. The molecule has 2 heteroatoms. The molecular formula is C6H11NS. The lowest BCUT2D eigenvalue weighted by Crippen LogP contribution is -2.09. The molecule has 0 aliphatic carbocycles. The van der Waals surface area contributed by atoms with E-state index in [1.807, 2.05) is 11.9 Å². The summed E-state index contributed by atoms with van der Waals surface area (Å²) in [6, 6.07) is 0. The van der Waals surface area contributed by atoms with Gasteiger partial charge in [0, 0.05) is 13.1 Å². The van der Waals surface area contributed by atoms with E-state index in [1.54, 1.807) is 0 Å². The van der Waals surface area contributed by atoms with Gasteiger partial charge in [-0.25, -0.2) is 4.31 Å². The number of nitrogens with zero attached hydrogens (tertiary/aromatic N) is 1. The van der Waals surface area contributed by atoms with Gasteiger partial charge in [0.25, 0.3) is 0 Å². The molecule has 8 heavy (non-hydrogen) atoms. The van der Waals surface area contributed by atoms with Gasteiger partial charge in [0.05, 0.1) is 0 Å². The monoisotopic (exact) mass is 129 g/mol. The van der Waals surface area contributed by atoms with Gasteiger partial charge < -0.3 is 0 Å². The van der Waals surface area contributed by atoms with Crippen molar-refractivity contribution in [2.45, 2.75) is 6.92 Å². The fourth-order valence-corrected chi connectivity index (χ4v) is 1.36. The van der Waals surface area contributed by atoms with Gasteiger partial charge in [0.15, 0.2) is 0 Å². The second-order valence-electron chi connectivity index (χ2n) is 2.06. The molecule has 0 unspecified atom stereocenters. The van der Waals surface area contributed by atoms with E-state index in [1.165, 1.54) is 5.57 Å². The molecule has 1 nitrogen and oxygen atoms in total. The van der Waals surface area contributed by atoms with Gasteiger partial charge in [0.2, 0.25) is 0 Å². The summed E-state index contributed by atoms with van der Waals surface area (Å²) in [7, 11) is 0. The molecule has 1 heterocycles. The van der Waals surface area contributed by atoms with Crippen LogP contribution in [-0.2, 0) is 0 Å². The Morgan fingerprint density at radius 2 is 2.50 bits per heavy atom. The van der Waals surface area contributed by atoms with Crippen molar-refractivity contribution in [3.8, 4) is 0 Å². The van der Waals surface area contributed by atoms with Crippen LogP contribution in [0.4, 0.5) is 0 Å². The molecule has 1 rings (SSSR count). The van der Waals surface area contributed by atoms with Gasteiger partial charge in [-0.05, 0) is 13.2 Å². The molecular weight excluding hydrogens is 118 g/mol. The number of hydrogen-bond acceptors (Lipinski definition) is 2. The summed E-state index contributed by atoms with van der Waals surface area (Å²) in [6.07, 6.45) is 4.39. The van der Waals surface area contributed by atoms with E-state index >= 15 is 0 Å². The third-order valence-corrected chi connectivity index (χ3v) is 2.12. The average Bonchev–Trinajstić information content (AvgIpc) is 2.14. The first kappa shape index (κ1) is 6.17. The minimum atomic E-state index is 1.13. The lowest BCUT2D eigenvalue weighted by atomic mass is 10.3. The first-order valence-electron chi connectivity index (χ1n) is 2.77. The van der Waals surface area contributed by atoms with Crippen LogP contribution < -0.4 is 0 Å². The normalized spacial score (nSPS) is 21.5. The maximum atomic E-state index is 2.33. The molecule has 0 fully saturated rings. The number of rotatable bonds is 1. The molecule has 0 spiro atoms. The smallest absolute Gasteiger partial charge is 0.0301 e. The highest BCUT2D eigenvalue weighted by Crippen LogP contribution is 2.14. The predicted octanol–water partition coefficient (Wildman–Crippen LogP) is 1.53. The van der Waals surface area contributed by atoms with Crippen molar-refractivity contribution in [2.24, 2.45) is 0 Å². The highest BCUT2D eigenvalue weighted by molar-refractivity contribution is 7.96. The third kappa shape index (κ3) is 1.26. The summed E-state index contributed by atoms with van der Waals surface area (Å²) in [6.45, 7) is 4.46. The molecule has 0 saturated carbocycles. The van der Waals surface area contributed by atoms with Crippen LogP contribution in [0.3, 0.4) is 0 Å². The minimum Gasteiger partial charge on any atom is -0.243 e.